The van der Waals surface area contributed by atoms with Crippen LogP contribution in [0.15, 0.2) is 36.4 Å². The maximum absolute atomic E-state index is 5.84. The van der Waals surface area contributed by atoms with Crippen LogP contribution in [0, 0.1) is 13.8 Å². The molecular formula is C19H24O3. The molecular weight excluding hydrogens is 276 g/mol. The topological polar surface area (TPSA) is 27.7 Å². The quantitative estimate of drug-likeness (QED) is 0.712. The molecule has 0 bridgehead atoms. The lowest BCUT2D eigenvalue weighted by Gasteiger charge is -2.14. The van der Waals surface area contributed by atoms with E-state index in [9.17, 15) is 0 Å². The summed E-state index contributed by atoms with van der Waals surface area (Å²) in [6, 6.07) is 12.2. The van der Waals surface area contributed by atoms with Gasteiger partial charge in [0.1, 0.15) is 19.0 Å². The second-order valence-electron chi connectivity index (χ2n) is 5.26. The zero-order chi connectivity index (χ0) is 15.9. The maximum atomic E-state index is 5.84. The lowest BCUT2D eigenvalue weighted by molar-refractivity contribution is 0.210. The SMILES string of the molecule is CCc1ccc(OCCOc2c(C)cccc2C)c(OC)c1. The first-order valence-electron chi connectivity index (χ1n) is 7.64. The molecule has 0 unspecified atom stereocenters. The summed E-state index contributed by atoms with van der Waals surface area (Å²) in [7, 11) is 1.66. The molecule has 2 aromatic carbocycles. The number of para-hydroxylation sites is 1. The van der Waals surface area contributed by atoms with Gasteiger partial charge in [0.15, 0.2) is 11.5 Å². The van der Waals surface area contributed by atoms with E-state index >= 15 is 0 Å². The van der Waals surface area contributed by atoms with Crippen LogP contribution >= 0.6 is 0 Å². The highest BCUT2D eigenvalue weighted by molar-refractivity contribution is 5.43. The van der Waals surface area contributed by atoms with Gasteiger partial charge in [-0.3, -0.25) is 0 Å². The van der Waals surface area contributed by atoms with Crippen molar-refractivity contribution in [3.63, 3.8) is 0 Å². The van der Waals surface area contributed by atoms with Crippen LogP contribution < -0.4 is 14.2 Å². The Hall–Kier alpha value is -2.16. The van der Waals surface area contributed by atoms with E-state index in [0.717, 1.165) is 34.8 Å². The van der Waals surface area contributed by atoms with E-state index < -0.39 is 0 Å². The number of hydrogen-bond acceptors (Lipinski definition) is 3. The molecule has 0 spiro atoms. The smallest absolute Gasteiger partial charge is 0.161 e. The normalized spacial score (nSPS) is 10.4. The van der Waals surface area contributed by atoms with Crippen molar-refractivity contribution in [3.8, 4) is 17.2 Å². The average molecular weight is 300 g/mol. The first-order valence-corrected chi connectivity index (χ1v) is 7.64. The van der Waals surface area contributed by atoms with Gasteiger partial charge in [-0.05, 0) is 49.1 Å². The zero-order valence-electron chi connectivity index (χ0n) is 13.8. The van der Waals surface area contributed by atoms with Crippen LogP contribution in [-0.4, -0.2) is 20.3 Å². The van der Waals surface area contributed by atoms with E-state index in [1.54, 1.807) is 7.11 Å². The van der Waals surface area contributed by atoms with Gasteiger partial charge in [-0.25, -0.2) is 0 Å². The Morgan fingerprint density at radius 3 is 2.18 bits per heavy atom. The third-order valence-corrected chi connectivity index (χ3v) is 3.63. The summed E-state index contributed by atoms with van der Waals surface area (Å²) in [5.74, 6) is 2.47. The number of aryl methyl sites for hydroxylation is 3. The molecule has 22 heavy (non-hydrogen) atoms. The summed E-state index contributed by atoms with van der Waals surface area (Å²) < 4.78 is 17.0. The molecule has 3 nitrogen and oxygen atoms in total. The maximum Gasteiger partial charge on any atom is 0.161 e. The third kappa shape index (κ3) is 3.94. The Morgan fingerprint density at radius 2 is 1.55 bits per heavy atom. The molecule has 0 N–H and O–H groups in total. The molecule has 0 heterocycles. The van der Waals surface area contributed by atoms with E-state index in [2.05, 4.69) is 39.0 Å². The molecule has 0 aliphatic rings. The van der Waals surface area contributed by atoms with Crippen LogP contribution in [0.2, 0.25) is 0 Å². The largest absolute Gasteiger partial charge is 0.493 e. The lowest BCUT2D eigenvalue weighted by Crippen LogP contribution is -2.10. The molecule has 118 valence electrons. The van der Waals surface area contributed by atoms with E-state index in [1.807, 2.05) is 18.2 Å². The highest BCUT2D eigenvalue weighted by Gasteiger charge is 2.06. The van der Waals surface area contributed by atoms with Gasteiger partial charge in [-0.15, -0.1) is 0 Å². The second kappa shape index (κ2) is 7.74. The summed E-state index contributed by atoms with van der Waals surface area (Å²) in [6.07, 6.45) is 0.978. The molecule has 0 saturated heterocycles. The molecule has 0 aliphatic heterocycles. The highest BCUT2D eigenvalue weighted by atomic mass is 16.5. The van der Waals surface area contributed by atoms with Gasteiger partial charge < -0.3 is 14.2 Å². The number of hydrogen-bond donors (Lipinski definition) is 0. The fourth-order valence-corrected chi connectivity index (χ4v) is 2.37. The van der Waals surface area contributed by atoms with Crippen molar-refractivity contribution in [1.29, 1.82) is 0 Å². The molecule has 0 saturated carbocycles. The Kier molecular flexibility index (Phi) is 5.70. The van der Waals surface area contributed by atoms with Crippen LogP contribution in [0.4, 0.5) is 0 Å². The van der Waals surface area contributed by atoms with E-state index in [1.165, 1.54) is 5.56 Å². The summed E-state index contributed by atoms with van der Waals surface area (Å²) in [4.78, 5) is 0. The van der Waals surface area contributed by atoms with Crippen LogP contribution in [0.5, 0.6) is 17.2 Å². The number of methoxy groups -OCH3 is 1. The predicted molar refractivity (Wildman–Crippen MR) is 89.3 cm³/mol. The molecule has 0 fully saturated rings. The molecule has 0 aliphatic carbocycles. The zero-order valence-corrected chi connectivity index (χ0v) is 13.8. The Labute approximate surface area is 132 Å². The van der Waals surface area contributed by atoms with Crippen LogP contribution in [0.25, 0.3) is 0 Å². The molecule has 2 rings (SSSR count). The minimum absolute atomic E-state index is 0.482. The van der Waals surface area contributed by atoms with Crippen molar-refractivity contribution in [1.82, 2.24) is 0 Å². The highest BCUT2D eigenvalue weighted by Crippen LogP contribution is 2.28. The van der Waals surface area contributed by atoms with Crippen LogP contribution in [0.3, 0.4) is 0 Å². The van der Waals surface area contributed by atoms with Gasteiger partial charge >= 0.3 is 0 Å². The van der Waals surface area contributed by atoms with Gasteiger partial charge in [0.2, 0.25) is 0 Å². The monoisotopic (exact) mass is 300 g/mol. The van der Waals surface area contributed by atoms with E-state index in [0.29, 0.717) is 13.2 Å². The van der Waals surface area contributed by atoms with Crippen LogP contribution in [-0.2, 0) is 6.42 Å². The lowest BCUT2D eigenvalue weighted by atomic mass is 10.1. The Balaban J connectivity index is 1.91. The predicted octanol–water partition coefficient (Wildman–Crippen LogP) is 4.33. The minimum atomic E-state index is 0.482. The standard InChI is InChI=1S/C19H24O3/c1-5-16-9-10-17(18(13-16)20-4)21-11-12-22-19-14(2)7-6-8-15(19)3/h6-10,13H,5,11-12H2,1-4H3. The third-order valence-electron chi connectivity index (χ3n) is 3.63. The summed E-state index contributed by atoms with van der Waals surface area (Å²) in [6.45, 7) is 7.21. The molecule has 0 amide bonds. The van der Waals surface area contributed by atoms with Crippen molar-refractivity contribution >= 4 is 0 Å². The van der Waals surface area contributed by atoms with Gasteiger partial charge in [-0.2, -0.15) is 0 Å². The first-order chi connectivity index (χ1) is 10.7. The van der Waals surface area contributed by atoms with Crippen molar-refractivity contribution < 1.29 is 14.2 Å². The van der Waals surface area contributed by atoms with Crippen LogP contribution in [0.1, 0.15) is 23.6 Å². The molecule has 0 atom stereocenters. The van der Waals surface area contributed by atoms with Crippen molar-refractivity contribution in [2.45, 2.75) is 27.2 Å². The molecule has 2 aromatic rings. The van der Waals surface area contributed by atoms with Crippen molar-refractivity contribution in [2.24, 2.45) is 0 Å². The summed E-state index contributed by atoms with van der Waals surface area (Å²) in [5, 5.41) is 0. The molecule has 3 heteroatoms. The number of rotatable bonds is 7. The first kappa shape index (κ1) is 16.2. The van der Waals surface area contributed by atoms with E-state index in [4.69, 9.17) is 14.2 Å². The van der Waals surface area contributed by atoms with Gasteiger partial charge in [0.05, 0.1) is 7.11 Å². The number of benzene rings is 2. The molecule has 0 aromatic heterocycles. The molecule has 0 radical (unpaired) electrons. The Morgan fingerprint density at radius 1 is 0.864 bits per heavy atom. The Bertz CT molecular complexity index is 600. The van der Waals surface area contributed by atoms with Crippen molar-refractivity contribution in [2.75, 3.05) is 20.3 Å². The summed E-state index contributed by atoms with van der Waals surface area (Å²) >= 11 is 0. The minimum Gasteiger partial charge on any atom is -0.493 e. The number of ether oxygens (including phenoxy) is 3. The van der Waals surface area contributed by atoms with Crippen molar-refractivity contribution in [3.05, 3.63) is 53.1 Å². The fraction of sp³-hybridized carbons (Fsp3) is 0.368. The second-order valence-corrected chi connectivity index (χ2v) is 5.26. The van der Waals surface area contributed by atoms with E-state index in [-0.39, 0.29) is 0 Å². The van der Waals surface area contributed by atoms with Gasteiger partial charge in [0.25, 0.3) is 0 Å². The van der Waals surface area contributed by atoms with Gasteiger partial charge in [-0.1, -0.05) is 31.2 Å². The average Bonchev–Trinajstić information content (AvgIpc) is 2.53. The fourth-order valence-electron chi connectivity index (χ4n) is 2.37. The summed E-state index contributed by atoms with van der Waals surface area (Å²) in [5.41, 5.74) is 3.52. The van der Waals surface area contributed by atoms with Gasteiger partial charge in [0, 0.05) is 0 Å².